The lowest BCUT2D eigenvalue weighted by Gasteiger charge is -2.41. The Morgan fingerprint density at radius 1 is 1.20 bits per heavy atom. The molecule has 0 aromatic carbocycles. The van der Waals surface area contributed by atoms with E-state index in [0.29, 0.717) is 23.8 Å². The Hall–Kier alpha value is -0.570. The molecule has 0 aromatic heterocycles. The standard InChI is InChI=1S/C17H34N2O/c1-12(2)9-19-10-14(13(3)4)8-15(11-19)18-16(20)17(5,6)7/h12-15H,8-11H2,1-7H3,(H,18,20). The Morgan fingerprint density at radius 2 is 1.80 bits per heavy atom. The van der Waals surface area contributed by atoms with Crippen molar-refractivity contribution in [3.63, 3.8) is 0 Å². The van der Waals surface area contributed by atoms with Crippen molar-refractivity contribution in [3.8, 4) is 0 Å². The topological polar surface area (TPSA) is 32.3 Å². The van der Waals surface area contributed by atoms with Gasteiger partial charge in [-0.2, -0.15) is 0 Å². The summed E-state index contributed by atoms with van der Waals surface area (Å²) in [4.78, 5) is 14.7. The van der Waals surface area contributed by atoms with Crippen LogP contribution in [0.4, 0.5) is 0 Å². The van der Waals surface area contributed by atoms with Crippen LogP contribution in [0.5, 0.6) is 0 Å². The number of rotatable bonds is 4. The molecule has 1 heterocycles. The maximum atomic E-state index is 12.2. The van der Waals surface area contributed by atoms with E-state index >= 15 is 0 Å². The van der Waals surface area contributed by atoms with Gasteiger partial charge in [0, 0.05) is 31.1 Å². The van der Waals surface area contributed by atoms with Gasteiger partial charge in [0.15, 0.2) is 0 Å². The van der Waals surface area contributed by atoms with Crippen LogP contribution in [0, 0.1) is 23.2 Å². The lowest BCUT2D eigenvalue weighted by molar-refractivity contribution is -0.129. The molecule has 0 bridgehead atoms. The molecule has 1 aliphatic heterocycles. The van der Waals surface area contributed by atoms with Gasteiger partial charge in [0.25, 0.3) is 0 Å². The Kier molecular flexibility index (Phi) is 6.06. The number of likely N-dealkylation sites (tertiary alicyclic amines) is 1. The molecule has 3 heteroatoms. The van der Waals surface area contributed by atoms with E-state index in [9.17, 15) is 4.79 Å². The highest BCUT2D eigenvalue weighted by Crippen LogP contribution is 2.25. The second-order valence-electron chi connectivity index (χ2n) is 8.27. The summed E-state index contributed by atoms with van der Waals surface area (Å²) in [7, 11) is 0. The molecule has 20 heavy (non-hydrogen) atoms. The predicted molar refractivity (Wildman–Crippen MR) is 85.6 cm³/mol. The van der Waals surface area contributed by atoms with E-state index in [1.165, 1.54) is 6.54 Å². The SMILES string of the molecule is CC(C)CN1CC(NC(=O)C(C)(C)C)CC(C(C)C)C1. The number of hydrogen-bond donors (Lipinski definition) is 1. The first-order chi connectivity index (χ1) is 9.09. The maximum absolute atomic E-state index is 12.2. The highest BCUT2D eigenvalue weighted by Gasteiger charge is 2.32. The molecule has 1 rings (SSSR count). The van der Waals surface area contributed by atoms with Crippen molar-refractivity contribution in [2.75, 3.05) is 19.6 Å². The second-order valence-corrected chi connectivity index (χ2v) is 8.27. The Balaban J connectivity index is 2.67. The van der Waals surface area contributed by atoms with Crippen molar-refractivity contribution in [1.82, 2.24) is 10.2 Å². The third-order valence-electron chi connectivity index (χ3n) is 4.14. The third-order valence-corrected chi connectivity index (χ3v) is 4.14. The summed E-state index contributed by atoms with van der Waals surface area (Å²) < 4.78 is 0. The van der Waals surface area contributed by atoms with Crippen LogP contribution in [0.2, 0.25) is 0 Å². The van der Waals surface area contributed by atoms with Crippen LogP contribution in [0.25, 0.3) is 0 Å². The first kappa shape index (κ1) is 17.5. The average molecular weight is 282 g/mol. The fourth-order valence-electron chi connectivity index (χ4n) is 2.89. The monoisotopic (exact) mass is 282 g/mol. The molecule has 1 N–H and O–H groups in total. The molecular formula is C17H34N2O. The Labute approximate surface area is 125 Å². The van der Waals surface area contributed by atoms with Crippen molar-refractivity contribution in [1.29, 1.82) is 0 Å². The highest BCUT2D eigenvalue weighted by atomic mass is 16.2. The molecule has 3 nitrogen and oxygen atoms in total. The lowest BCUT2D eigenvalue weighted by Crippen LogP contribution is -2.54. The van der Waals surface area contributed by atoms with Gasteiger partial charge >= 0.3 is 0 Å². The summed E-state index contributed by atoms with van der Waals surface area (Å²) in [6.07, 6.45) is 1.12. The number of carbonyl (C=O) groups is 1. The molecule has 0 saturated carbocycles. The van der Waals surface area contributed by atoms with Crippen molar-refractivity contribution in [3.05, 3.63) is 0 Å². The lowest BCUT2D eigenvalue weighted by atomic mass is 9.84. The van der Waals surface area contributed by atoms with E-state index < -0.39 is 0 Å². The van der Waals surface area contributed by atoms with Gasteiger partial charge in [0.05, 0.1) is 0 Å². The van der Waals surface area contributed by atoms with E-state index in [0.717, 1.165) is 19.5 Å². The summed E-state index contributed by atoms with van der Waals surface area (Å²) in [5.74, 6) is 2.23. The summed E-state index contributed by atoms with van der Waals surface area (Å²) in [6.45, 7) is 18.4. The fourth-order valence-corrected chi connectivity index (χ4v) is 2.89. The molecule has 0 radical (unpaired) electrons. The second kappa shape index (κ2) is 6.93. The van der Waals surface area contributed by atoms with Crippen molar-refractivity contribution < 1.29 is 4.79 Å². The summed E-state index contributed by atoms with van der Waals surface area (Å²) in [6, 6.07) is 0.307. The molecule has 1 fully saturated rings. The number of carbonyl (C=O) groups excluding carboxylic acids is 1. The zero-order valence-electron chi connectivity index (χ0n) is 14.5. The molecule has 1 aliphatic rings. The minimum atomic E-state index is -0.298. The van der Waals surface area contributed by atoms with Crippen LogP contribution < -0.4 is 5.32 Å². The number of hydrogen-bond acceptors (Lipinski definition) is 2. The quantitative estimate of drug-likeness (QED) is 0.859. The van der Waals surface area contributed by atoms with Crippen LogP contribution in [-0.2, 0) is 4.79 Å². The molecule has 0 aromatic rings. The van der Waals surface area contributed by atoms with Gasteiger partial charge in [0.2, 0.25) is 5.91 Å². The molecule has 118 valence electrons. The van der Waals surface area contributed by atoms with E-state index in [4.69, 9.17) is 0 Å². The molecule has 0 spiro atoms. The summed E-state index contributed by atoms with van der Waals surface area (Å²) in [5.41, 5.74) is -0.298. The highest BCUT2D eigenvalue weighted by molar-refractivity contribution is 5.81. The zero-order valence-corrected chi connectivity index (χ0v) is 14.5. The third kappa shape index (κ3) is 5.43. The first-order valence-corrected chi connectivity index (χ1v) is 8.13. The average Bonchev–Trinajstić information content (AvgIpc) is 2.26. The van der Waals surface area contributed by atoms with Gasteiger partial charge in [-0.05, 0) is 24.2 Å². The first-order valence-electron chi connectivity index (χ1n) is 8.13. The molecule has 2 atom stereocenters. The van der Waals surface area contributed by atoms with Gasteiger partial charge < -0.3 is 10.2 Å². The van der Waals surface area contributed by atoms with Crippen LogP contribution in [0.3, 0.4) is 0 Å². The van der Waals surface area contributed by atoms with Gasteiger partial charge in [0.1, 0.15) is 0 Å². The van der Waals surface area contributed by atoms with E-state index in [1.807, 2.05) is 20.8 Å². The fraction of sp³-hybridized carbons (Fsp3) is 0.941. The summed E-state index contributed by atoms with van der Waals surface area (Å²) in [5, 5.41) is 3.27. The van der Waals surface area contributed by atoms with E-state index in [2.05, 4.69) is 37.9 Å². The maximum Gasteiger partial charge on any atom is 0.225 e. The van der Waals surface area contributed by atoms with Crippen LogP contribution in [0.1, 0.15) is 54.9 Å². The molecule has 1 amide bonds. The largest absolute Gasteiger partial charge is 0.352 e. The minimum Gasteiger partial charge on any atom is -0.352 e. The van der Waals surface area contributed by atoms with Crippen molar-refractivity contribution in [2.45, 2.75) is 60.9 Å². The Bertz CT molecular complexity index is 317. The van der Waals surface area contributed by atoms with Crippen LogP contribution in [-0.4, -0.2) is 36.5 Å². The molecule has 2 unspecified atom stereocenters. The smallest absolute Gasteiger partial charge is 0.225 e. The zero-order chi connectivity index (χ0) is 15.5. The molecule has 0 aliphatic carbocycles. The number of amides is 1. The van der Waals surface area contributed by atoms with Gasteiger partial charge in [-0.25, -0.2) is 0 Å². The number of nitrogens with one attached hydrogen (secondary N) is 1. The van der Waals surface area contributed by atoms with Crippen molar-refractivity contribution >= 4 is 5.91 Å². The molecular weight excluding hydrogens is 248 g/mol. The normalized spacial score (nSPS) is 25.2. The van der Waals surface area contributed by atoms with Crippen LogP contribution in [0.15, 0.2) is 0 Å². The van der Waals surface area contributed by atoms with Gasteiger partial charge in [-0.15, -0.1) is 0 Å². The van der Waals surface area contributed by atoms with Crippen LogP contribution >= 0.6 is 0 Å². The van der Waals surface area contributed by atoms with E-state index in [-0.39, 0.29) is 11.3 Å². The number of nitrogens with zero attached hydrogens (tertiary/aromatic N) is 1. The minimum absolute atomic E-state index is 0.177. The molecule has 1 saturated heterocycles. The van der Waals surface area contributed by atoms with E-state index in [1.54, 1.807) is 0 Å². The predicted octanol–water partition coefficient (Wildman–Crippen LogP) is 3.15. The number of piperidine rings is 1. The van der Waals surface area contributed by atoms with Crippen molar-refractivity contribution in [2.24, 2.45) is 23.2 Å². The van der Waals surface area contributed by atoms with Gasteiger partial charge in [-0.1, -0.05) is 48.5 Å². The Morgan fingerprint density at radius 3 is 2.25 bits per heavy atom. The summed E-state index contributed by atoms with van der Waals surface area (Å²) >= 11 is 0. The van der Waals surface area contributed by atoms with Gasteiger partial charge in [-0.3, -0.25) is 4.79 Å².